The van der Waals surface area contributed by atoms with E-state index >= 15 is 0 Å². The summed E-state index contributed by atoms with van der Waals surface area (Å²) in [5.74, 6) is 3.03. The normalized spacial score (nSPS) is 18.9. The quantitative estimate of drug-likeness (QED) is 0.812. The second kappa shape index (κ2) is 6.60. The molecule has 102 valence electrons. The molecule has 1 saturated heterocycles. The van der Waals surface area contributed by atoms with Gasteiger partial charge in [0, 0.05) is 25.2 Å². The van der Waals surface area contributed by atoms with Gasteiger partial charge in [-0.1, -0.05) is 18.1 Å². The number of aromatic hydroxyl groups is 1. The van der Waals surface area contributed by atoms with Crippen molar-refractivity contribution in [1.82, 2.24) is 10.2 Å². The van der Waals surface area contributed by atoms with Crippen LogP contribution in [0.2, 0.25) is 0 Å². The summed E-state index contributed by atoms with van der Waals surface area (Å²) in [5, 5.41) is 13.1. The second-order valence-electron chi connectivity index (χ2n) is 5.24. The summed E-state index contributed by atoms with van der Waals surface area (Å²) in [5.41, 5.74) is 1.13. The van der Waals surface area contributed by atoms with Crippen LogP contribution in [0.1, 0.15) is 31.4 Å². The highest BCUT2D eigenvalue weighted by Gasteiger charge is 2.20. The van der Waals surface area contributed by atoms with Crippen molar-refractivity contribution in [3.63, 3.8) is 0 Å². The molecule has 1 aliphatic heterocycles. The molecule has 0 spiro atoms. The zero-order valence-electron chi connectivity index (χ0n) is 11.5. The Balaban J connectivity index is 1.84. The molecule has 1 unspecified atom stereocenters. The maximum Gasteiger partial charge on any atom is 0.115 e. The highest BCUT2D eigenvalue weighted by atomic mass is 16.3. The van der Waals surface area contributed by atoms with E-state index in [0.29, 0.717) is 11.8 Å². The number of nitrogens with zero attached hydrogens (tertiary/aromatic N) is 1. The van der Waals surface area contributed by atoms with Crippen LogP contribution < -0.4 is 5.32 Å². The van der Waals surface area contributed by atoms with Gasteiger partial charge in [-0.25, -0.2) is 0 Å². The van der Waals surface area contributed by atoms with Gasteiger partial charge in [-0.2, -0.15) is 0 Å². The predicted molar refractivity (Wildman–Crippen MR) is 78.0 cm³/mol. The SMILES string of the molecule is C#CCN1CCC(NC(C)c2cccc(O)c2)CC1. The Morgan fingerprint density at radius 2 is 2.21 bits per heavy atom. The Bertz CT molecular complexity index is 444. The van der Waals surface area contributed by atoms with E-state index in [2.05, 4.69) is 23.1 Å². The molecule has 1 fully saturated rings. The van der Waals surface area contributed by atoms with Crippen molar-refractivity contribution in [3.05, 3.63) is 29.8 Å². The number of phenols is 1. The van der Waals surface area contributed by atoms with Crippen LogP contribution in [0.3, 0.4) is 0 Å². The summed E-state index contributed by atoms with van der Waals surface area (Å²) in [6.45, 7) is 5.03. The molecule has 0 amide bonds. The molecule has 3 heteroatoms. The molecule has 0 aromatic heterocycles. The number of nitrogens with one attached hydrogen (secondary N) is 1. The van der Waals surface area contributed by atoms with Gasteiger partial charge in [0.1, 0.15) is 5.75 Å². The van der Waals surface area contributed by atoms with Crippen LogP contribution in [-0.4, -0.2) is 35.7 Å². The van der Waals surface area contributed by atoms with Gasteiger partial charge in [-0.15, -0.1) is 6.42 Å². The minimum Gasteiger partial charge on any atom is -0.508 e. The highest BCUT2D eigenvalue weighted by Crippen LogP contribution is 2.20. The smallest absolute Gasteiger partial charge is 0.115 e. The van der Waals surface area contributed by atoms with Gasteiger partial charge in [0.15, 0.2) is 0 Å². The Morgan fingerprint density at radius 3 is 2.84 bits per heavy atom. The zero-order chi connectivity index (χ0) is 13.7. The van der Waals surface area contributed by atoms with Crippen molar-refractivity contribution in [1.29, 1.82) is 0 Å². The third kappa shape index (κ3) is 3.99. The maximum atomic E-state index is 9.51. The van der Waals surface area contributed by atoms with E-state index in [0.717, 1.165) is 38.0 Å². The first-order chi connectivity index (χ1) is 9.19. The lowest BCUT2D eigenvalue weighted by Gasteiger charge is -2.33. The number of hydrogen-bond acceptors (Lipinski definition) is 3. The fourth-order valence-electron chi connectivity index (χ4n) is 2.63. The first-order valence-electron chi connectivity index (χ1n) is 6.90. The Hall–Kier alpha value is -1.50. The summed E-state index contributed by atoms with van der Waals surface area (Å²) in [6, 6.07) is 8.26. The standard InChI is InChI=1S/C16H22N2O/c1-3-9-18-10-7-15(8-11-18)17-13(2)14-5-4-6-16(19)12-14/h1,4-6,12-13,15,17,19H,7-11H2,2H3. The summed E-state index contributed by atoms with van der Waals surface area (Å²) in [4.78, 5) is 2.32. The Labute approximate surface area is 115 Å². The molecule has 0 saturated carbocycles. The topological polar surface area (TPSA) is 35.5 Å². The van der Waals surface area contributed by atoms with E-state index in [-0.39, 0.29) is 6.04 Å². The van der Waals surface area contributed by atoms with E-state index in [1.54, 1.807) is 6.07 Å². The van der Waals surface area contributed by atoms with Gasteiger partial charge < -0.3 is 10.4 Å². The lowest BCUT2D eigenvalue weighted by molar-refractivity contribution is 0.211. The number of hydrogen-bond donors (Lipinski definition) is 2. The van der Waals surface area contributed by atoms with Crippen molar-refractivity contribution in [2.24, 2.45) is 0 Å². The predicted octanol–water partition coefficient (Wildman–Crippen LogP) is 2.14. The number of terminal acetylenes is 1. The van der Waals surface area contributed by atoms with E-state index in [1.165, 1.54) is 0 Å². The van der Waals surface area contributed by atoms with E-state index < -0.39 is 0 Å². The van der Waals surface area contributed by atoms with Gasteiger partial charge in [0.05, 0.1) is 6.54 Å². The minimum absolute atomic E-state index is 0.260. The van der Waals surface area contributed by atoms with Crippen molar-refractivity contribution in [3.8, 4) is 18.1 Å². The van der Waals surface area contributed by atoms with Gasteiger partial charge in [-0.05, 0) is 37.5 Å². The van der Waals surface area contributed by atoms with Crippen molar-refractivity contribution in [2.45, 2.75) is 31.8 Å². The highest BCUT2D eigenvalue weighted by molar-refractivity contribution is 5.29. The molecule has 1 aliphatic rings. The summed E-state index contributed by atoms with van der Waals surface area (Å²) < 4.78 is 0. The van der Waals surface area contributed by atoms with Gasteiger partial charge in [0.25, 0.3) is 0 Å². The van der Waals surface area contributed by atoms with Gasteiger partial charge in [-0.3, -0.25) is 4.90 Å². The largest absolute Gasteiger partial charge is 0.508 e. The number of benzene rings is 1. The molecule has 1 aromatic rings. The molecule has 1 aromatic carbocycles. The molecule has 2 rings (SSSR count). The third-order valence-electron chi connectivity index (χ3n) is 3.76. The number of phenolic OH excluding ortho intramolecular Hbond substituents is 1. The molecule has 3 nitrogen and oxygen atoms in total. The molecule has 0 aliphatic carbocycles. The Morgan fingerprint density at radius 1 is 1.47 bits per heavy atom. The number of piperidine rings is 1. The van der Waals surface area contributed by atoms with Gasteiger partial charge >= 0.3 is 0 Å². The molecule has 2 N–H and O–H groups in total. The molecular weight excluding hydrogens is 236 g/mol. The van der Waals surface area contributed by atoms with Crippen molar-refractivity contribution < 1.29 is 5.11 Å². The van der Waals surface area contributed by atoms with E-state index in [9.17, 15) is 5.11 Å². The maximum absolute atomic E-state index is 9.51. The van der Waals surface area contributed by atoms with Crippen LogP contribution in [0, 0.1) is 12.3 Å². The average molecular weight is 258 g/mol. The monoisotopic (exact) mass is 258 g/mol. The van der Waals surface area contributed by atoms with Crippen molar-refractivity contribution in [2.75, 3.05) is 19.6 Å². The first kappa shape index (κ1) is 13.9. The number of rotatable bonds is 4. The molecule has 19 heavy (non-hydrogen) atoms. The number of likely N-dealkylation sites (tertiary alicyclic amines) is 1. The van der Waals surface area contributed by atoms with E-state index in [4.69, 9.17) is 6.42 Å². The second-order valence-corrected chi connectivity index (χ2v) is 5.24. The van der Waals surface area contributed by atoms with Gasteiger partial charge in [0.2, 0.25) is 0 Å². The zero-order valence-corrected chi connectivity index (χ0v) is 11.5. The fraction of sp³-hybridized carbons (Fsp3) is 0.500. The van der Waals surface area contributed by atoms with Crippen LogP contribution >= 0.6 is 0 Å². The molecule has 1 atom stereocenters. The molecular formula is C16H22N2O. The van der Waals surface area contributed by atoms with Crippen LogP contribution in [0.15, 0.2) is 24.3 Å². The summed E-state index contributed by atoms with van der Waals surface area (Å²) >= 11 is 0. The van der Waals surface area contributed by atoms with Crippen LogP contribution in [0.4, 0.5) is 0 Å². The molecule has 0 bridgehead atoms. The third-order valence-corrected chi connectivity index (χ3v) is 3.76. The lowest BCUT2D eigenvalue weighted by atomic mass is 10.0. The van der Waals surface area contributed by atoms with E-state index in [1.807, 2.05) is 18.2 Å². The van der Waals surface area contributed by atoms with Crippen LogP contribution in [0.25, 0.3) is 0 Å². The molecule has 0 radical (unpaired) electrons. The lowest BCUT2D eigenvalue weighted by Crippen LogP contribution is -2.43. The minimum atomic E-state index is 0.260. The van der Waals surface area contributed by atoms with Crippen LogP contribution in [0.5, 0.6) is 5.75 Å². The molecule has 1 heterocycles. The van der Waals surface area contributed by atoms with Crippen LogP contribution in [-0.2, 0) is 0 Å². The first-order valence-corrected chi connectivity index (χ1v) is 6.90. The fourth-order valence-corrected chi connectivity index (χ4v) is 2.63. The average Bonchev–Trinajstić information content (AvgIpc) is 2.41. The Kier molecular flexibility index (Phi) is 4.84. The summed E-state index contributed by atoms with van der Waals surface area (Å²) in [7, 11) is 0. The summed E-state index contributed by atoms with van der Waals surface area (Å²) in [6.07, 6.45) is 7.59. The van der Waals surface area contributed by atoms with Crippen molar-refractivity contribution >= 4 is 0 Å².